The summed E-state index contributed by atoms with van der Waals surface area (Å²) in [5.41, 5.74) is 0.104. The van der Waals surface area contributed by atoms with Crippen LogP contribution in [-0.2, 0) is 12.6 Å². The van der Waals surface area contributed by atoms with Gasteiger partial charge in [0.25, 0.3) is 0 Å². The average molecular weight is 376 g/mol. The molecule has 0 fully saturated rings. The molecule has 0 spiro atoms. The highest BCUT2D eigenvalue weighted by atomic mass is 19.4. The molecule has 0 unspecified atom stereocenters. The minimum absolute atomic E-state index is 0.265. The third-order valence-corrected chi connectivity index (χ3v) is 3.79. The van der Waals surface area contributed by atoms with Gasteiger partial charge in [0.05, 0.1) is 5.56 Å². The first-order valence-corrected chi connectivity index (χ1v) is 8.15. The molecule has 0 bridgehead atoms. The van der Waals surface area contributed by atoms with Gasteiger partial charge in [-0.3, -0.25) is 0 Å². The number of anilines is 3. The van der Waals surface area contributed by atoms with E-state index in [2.05, 4.69) is 20.6 Å². The van der Waals surface area contributed by atoms with E-state index >= 15 is 0 Å². The Morgan fingerprint density at radius 1 is 0.889 bits per heavy atom. The molecule has 0 aliphatic rings. The molecule has 0 saturated carbocycles. The molecule has 0 saturated heterocycles. The zero-order valence-corrected chi connectivity index (χ0v) is 14.1. The van der Waals surface area contributed by atoms with Crippen LogP contribution in [0, 0.1) is 5.82 Å². The maximum absolute atomic E-state index is 13.6. The summed E-state index contributed by atoms with van der Waals surface area (Å²) in [6.45, 7) is 0.445. The van der Waals surface area contributed by atoms with E-state index in [0.29, 0.717) is 30.2 Å². The summed E-state index contributed by atoms with van der Waals surface area (Å²) in [5, 5.41) is 5.87. The van der Waals surface area contributed by atoms with Crippen molar-refractivity contribution in [1.82, 2.24) is 9.97 Å². The van der Waals surface area contributed by atoms with E-state index in [9.17, 15) is 17.6 Å². The van der Waals surface area contributed by atoms with E-state index in [1.807, 2.05) is 0 Å². The molecule has 8 heteroatoms. The van der Waals surface area contributed by atoms with Crippen LogP contribution >= 0.6 is 0 Å². The quantitative estimate of drug-likeness (QED) is 0.592. The standard InChI is InChI=1S/C19H16F4N4/c20-16-7-2-1-4-13(16)8-9-24-17-11-18(26-12-25-17)27-15-6-3-5-14(10-15)19(21,22)23/h1-7,10-12H,8-9H2,(H2,24,25,26,27). The molecule has 2 N–H and O–H groups in total. The Morgan fingerprint density at radius 3 is 2.44 bits per heavy atom. The number of nitrogens with zero attached hydrogens (tertiary/aromatic N) is 2. The second-order valence-electron chi connectivity index (χ2n) is 5.76. The zero-order valence-electron chi connectivity index (χ0n) is 14.1. The van der Waals surface area contributed by atoms with Crippen LogP contribution in [-0.4, -0.2) is 16.5 Å². The predicted molar refractivity (Wildman–Crippen MR) is 95.4 cm³/mol. The molecule has 0 aliphatic heterocycles. The maximum Gasteiger partial charge on any atom is 0.416 e. The van der Waals surface area contributed by atoms with Gasteiger partial charge >= 0.3 is 6.18 Å². The number of rotatable bonds is 6. The Morgan fingerprint density at radius 2 is 1.67 bits per heavy atom. The van der Waals surface area contributed by atoms with E-state index in [-0.39, 0.29) is 11.5 Å². The first-order valence-electron chi connectivity index (χ1n) is 8.15. The lowest BCUT2D eigenvalue weighted by molar-refractivity contribution is -0.137. The van der Waals surface area contributed by atoms with Crippen molar-refractivity contribution in [2.45, 2.75) is 12.6 Å². The van der Waals surface area contributed by atoms with Crippen molar-refractivity contribution in [3.8, 4) is 0 Å². The monoisotopic (exact) mass is 376 g/mol. The van der Waals surface area contributed by atoms with Crippen LogP contribution < -0.4 is 10.6 Å². The Kier molecular flexibility index (Phi) is 5.54. The predicted octanol–water partition coefficient (Wildman–Crippen LogP) is 5.03. The lowest BCUT2D eigenvalue weighted by atomic mass is 10.1. The third kappa shape index (κ3) is 5.16. The number of hydrogen-bond donors (Lipinski definition) is 2. The van der Waals surface area contributed by atoms with Gasteiger partial charge < -0.3 is 10.6 Å². The van der Waals surface area contributed by atoms with E-state index < -0.39 is 11.7 Å². The Bertz CT molecular complexity index is 912. The SMILES string of the molecule is Fc1ccccc1CCNc1cc(Nc2cccc(C(F)(F)F)c2)ncn1. The van der Waals surface area contributed by atoms with E-state index in [0.717, 1.165) is 12.1 Å². The summed E-state index contributed by atoms with van der Waals surface area (Å²) in [7, 11) is 0. The van der Waals surface area contributed by atoms with Crippen LogP contribution in [0.25, 0.3) is 0 Å². The summed E-state index contributed by atoms with van der Waals surface area (Å²) < 4.78 is 52.0. The van der Waals surface area contributed by atoms with Crippen molar-refractivity contribution >= 4 is 17.3 Å². The van der Waals surface area contributed by atoms with Gasteiger partial charge in [-0.1, -0.05) is 24.3 Å². The molecule has 2 aromatic carbocycles. The minimum atomic E-state index is -4.41. The molecule has 0 amide bonds. The highest BCUT2D eigenvalue weighted by Gasteiger charge is 2.30. The molecule has 140 valence electrons. The van der Waals surface area contributed by atoms with Crippen LogP contribution in [0.1, 0.15) is 11.1 Å². The fourth-order valence-corrected chi connectivity index (χ4v) is 2.47. The van der Waals surface area contributed by atoms with E-state index in [4.69, 9.17) is 0 Å². The second-order valence-corrected chi connectivity index (χ2v) is 5.76. The van der Waals surface area contributed by atoms with Crippen molar-refractivity contribution in [3.05, 3.63) is 77.9 Å². The van der Waals surface area contributed by atoms with Crippen molar-refractivity contribution in [1.29, 1.82) is 0 Å². The summed E-state index contributed by atoms with van der Waals surface area (Å²) in [6.07, 6.45) is -2.66. The molecule has 0 aliphatic carbocycles. The molecule has 27 heavy (non-hydrogen) atoms. The van der Waals surface area contributed by atoms with Gasteiger partial charge in [0.2, 0.25) is 0 Å². The van der Waals surface area contributed by atoms with E-state index in [1.54, 1.807) is 24.3 Å². The number of halogens is 4. The molecule has 0 radical (unpaired) electrons. The molecular weight excluding hydrogens is 360 g/mol. The summed E-state index contributed by atoms with van der Waals surface area (Å²) in [5.74, 6) is 0.558. The average Bonchev–Trinajstić information content (AvgIpc) is 2.63. The van der Waals surface area contributed by atoms with Gasteiger partial charge in [-0.25, -0.2) is 14.4 Å². The van der Waals surface area contributed by atoms with Gasteiger partial charge in [0.1, 0.15) is 23.8 Å². The summed E-state index contributed by atoms with van der Waals surface area (Å²) in [4.78, 5) is 8.06. The van der Waals surface area contributed by atoms with E-state index in [1.165, 1.54) is 24.5 Å². The summed E-state index contributed by atoms with van der Waals surface area (Å²) >= 11 is 0. The highest BCUT2D eigenvalue weighted by Crippen LogP contribution is 2.31. The number of hydrogen-bond acceptors (Lipinski definition) is 4. The van der Waals surface area contributed by atoms with Gasteiger partial charge in [-0.2, -0.15) is 13.2 Å². The number of benzene rings is 2. The third-order valence-electron chi connectivity index (χ3n) is 3.79. The van der Waals surface area contributed by atoms with Gasteiger partial charge in [0.15, 0.2) is 0 Å². The second kappa shape index (κ2) is 8.03. The van der Waals surface area contributed by atoms with Crippen LogP contribution in [0.15, 0.2) is 60.9 Å². The van der Waals surface area contributed by atoms with Gasteiger partial charge in [0, 0.05) is 18.3 Å². The number of nitrogens with one attached hydrogen (secondary N) is 2. The molecule has 3 rings (SSSR count). The normalized spacial score (nSPS) is 11.3. The van der Waals surface area contributed by atoms with Crippen LogP contribution in [0.2, 0.25) is 0 Å². The first-order chi connectivity index (χ1) is 12.9. The molecule has 4 nitrogen and oxygen atoms in total. The molecule has 3 aromatic rings. The van der Waals surface area contributed by atoms with Gasteiger partial charge in [-0.15, -0.1) is 0 Å². The summed E-state index contributed by atoms with van der Waals surface area (Å²) in [6, 6.07) is 12.9. The highest BCUT2D eigenvalue weighted by molar-refractivity contribution is 5.59. The molecule has 1 heterocycles. The Hall–Kier alpha value is -3.16. The van der Waals surface area contributed by atoms with Crippen LogP contribution in [0.3, 0.4) is 0 Å². The number of alkyl halides is 3. The van der Waals surface area contributed by atoms with Gasteiger partial charge in [-0.05, 0) is 36.2 Å². The van der Waals surface area contributed by atoms with Crippen molar-refractivity contribution in [3.63, 3.8) is 0 Å². The van der Waals surface area contributed by atoms with Crippen LogP contribution in [0.4, 0.5) is 34.9 Å². The smallest absolute Gasteiger partial charge is 0.370 e. The Balaban J connectivity index is 1.63. The fourth-order valence-electron chi connectivity index (χ4n) is 2.47. The largest absolute Gasteiger partial charge is 0.416 e. The zero-order chi connectivity index (χ0) is 19.3. The number of aromatic nitrogens is 2. The van der Waals surface area contributed by atoms with Crippen molar-refractivity contribution in [2.75, 3.05) is 17.2 Å². The first kappa shape index (κ1) is 18.6. The lowest BCUT2D eigenvalue weighted by Crippen LogP contribution is -2.08. The fraction of sp³-hybridized carbons (Fsp3) is 0.158. The molecule has 1 aromatic heterocycles. The lowest BCUT2D eigenvalue weighted by Gasteiger charge is -2.11. The van der Waals surface area contributed by atoms with Crippen LogP contribution in [0.5, 0.6) is 0 Å². The topological polar surface area (TPSA) is 49.8 Å². The molecule has 0 atom stereocenters. The minimum Gasteiger partial charge on any atom is -0.370 e. The van der Waals surface area contributed by atoms with Crippen molar-refractivity contribution in [2.24, 2.45) is 0 Å². The molecular formula is C19H16F4N4. The maximum atomic E-state index is 13.6. The van der Waals surface area contributed by atoms with Crippen molar-refractivity contribution < 1.29 is 17.6 Å². The Labute approximate surface area is 153 Å².